The Kier molecular flexibility index (Phi) is 4.69. The van der Waals surface area contributed by atoms with E-state index in [9.17, 15) is 9.90 Å². The fourth-order valence-corrected chi connectivity index (χ4v) is 4.79. The van der Waals surface area contributed by atoms with E-state index in [0.717, 1.165) is 5.56 Å². The zero-order chi connectivity index (χ0) is 24.3. The van der Waals surface area contributed by atoms with E-state index >= 15 is 4.39 Å². The molecule has 1 aromatic carbocycles. The number of pyridine rings is 2. The van der Waals surface area contributed by atoms with Gasteiger partial charge in [-0.2, -0.15) is 5.10 Å². The van der Waals surface area contributed by atoms with Crippen molar-refractivity contribution in [2.24, 2.45) is 0 Å². The standard InChI is InChI=1S/C23H21FN8O3/c1-11-15(7-28-22-21(11)26-2-3-35-22)14-4-12-5-18(27-8-16(12)20(25)19(14)24)32(23(33)34)13-6-17-29-10-30-31(17)9-13/h4-5,7-8,10,13,26H,2-3,6,9,25H2,1H3,(H,33,34)/t13-/m0/s1. The second-order valence-corrected chi connectivity index (χ2v) is 8.54. The molecule has 2 aliphatic rings. The van der Waals surface area contributed by atoms with Crippen LogP contribution < -0.4 is 20.7 Å². The van der Waals surface area contributed by atoms with E-state index in [4.69, 9.17) is 10.5 Å². The van der Waals surface area contributed by atoms with E-state index in [0.29, 0.717) is 59.8 Å². The number of rotatable bonds is 3. The molecule has 0 fully saturated rings. The van der Waals surface area contributed by atoms with E-state index in [1.807, 2.05) is 6.92 Å². The Morgan fingerprint density at radius 2 is 2.14 bits per heavy atom. The highest BCUT2D eigenvalue weighted by Gasteiger charge is 2.33. The van der Waals surface area contributed by atoms with Crippen molar-refractivity contribution in [2.75, 3.05) is 29.1 Å². The maximum Gasteiger partial charge on any atom is 0.413 e. The zero-order valence-electron chi connectivity index (χ0n) is 18.7. The van der Waals surface area contributed by atoms with Crippen LogP contribution in [-0.4, -0.2) is 55.1 Å². The van der Waals surface area contributed by atoms with Crippen molar-refractivity contribution in [3.8, 4) is 17.0 Å². The minimum Gasteiger partial charge on any atom is -0.474 e. The maximum absolute atomic E-state index is 15.4. The van der Waals surface area contributed by atoms with Gasteiger partial charge in [-0.25, -0.2) is 28.8 Å². The minimum atomic E-state index is -1.15. The maximum atomic E-state index is 15.4. The summed E-state index contributed by atoms with van der Waals surface area (Å²) >= 11 is 0. The average molecular weight is 476 g/mol. The number of nitrogens with one attached hydrogen (secondary N) is 1. The molecule has 4 aromatic rings. The van der Waals surface area contributed by atoms with Gasteiger partial charge in [-0.15, -0.1) is 0 Å². The molecule has 0 radical (unpaired) electrons. The van der Waals surface area contributed by atoms with Crippen molar-refractivity contribution in [3.63, 3.8) is 0 Å². The van der Waals surface area contributed by atoms with E-state index in [1.165, 1.54) is 17.4 Å². The van der Waals surface area contributed by atoms with Crippen LogP contribution in [0.3, 0.4) is 0 Å². The summed E-state index contributed by atoms with van der Waals surface area (Å²) in [5.74, 6) is 0.814. The van der Waals surface area contributed by atoms with E-state index in [1.54, 1.807) is 23.0 Å². The Hall–Kier alpha value is -4.48. The third-order valence-electron chi connectivity index (χ3n) is 6.54. The summed E-state index contributed by atoms with van der Waals surface area (Å²) < 4.78 is 22.7. The number of anilines is 3. The highest BCUT2D eigenvalue weighted by Crippen LogP contribution is 2.40. The number of carbonyl (C=O) groups is 1. The third kappa shape index (κ3) is 3.28. The van der Waals surface area contributed by atoms with Crippen LogP contribution in [0, 0.1) is 12.7 Å². The number of nitrogens with two attached hydrogens (primary N) is 1. The Labute approximate surface area is 198 Å². The summed E-state index contributed by atoms with van der Waals surface area (Å²) in [5, 5.41) is 18.3. The lowest BCUT2D eigenvalue weighted by Crippen LogP contribution is -2.41. The van der Waals surface area contributed by atoms with Gasteiger partial charge in [0.1, 0.15) is 30.3 Å². The summed E-state index contributed by atoms with van der Waals surface area (Å²) in [6.45, 7) is 3.36. The second-order valence-electron chi connectivity index (χ2n) is 8.54. The summed E-state index contributed by atoms with van der Waals surface area (Å²) in [6, 6.07) is 2.84. The summed E-state index contributed by atoms with van der Waals surface area (Å²) in [4.78, 5) is 26.2. The summed E-state index contributed by atoms with van der Waals surface area (Å²) in [7, 11) is 0. The molecule has 4 N–H and O–H groups in total. The van der Waals surface area contributed by atoms with Gasteiger partial charge in [0.15, 0.2) is 5.82 Å². The number of hydrogen-bond acceptors (Lipinski definition) is 8. The quantitative estimate of drug-likeness (QED) is 0.380. The lowest BCUT2D eigenvalue weighted by molar-refractivity contribution is 0.198. The number of fused-ring (bicyclic) bond motifs is 3. The van der Waals surface area contributed by atoms with Gasteiger partial charge >= 0.3 is 6.09 Å². The van der Waals surface area contributed by atoms with Crippen LogP contribution in [-0.2, 0) is 13.0 Å². The number of amides is 1. The normalized spacial score (nSPS) is 16.3. The number of benzene rings is 1. The fourth-order valence-electron chi connectivity index (χ4n) is 4.79. The second kappa shape index (κ2) is 7.79. The molecule has 1 amide bonds. The molecule has 0 spiro atoms. The van der Waals surface area contributed by atoms with Gasteiger partial charge in [0.2, 0.25) is 5.88 Å². The van der Waals surface area contributed by atoms with Crippen LogP contribution in [0.25, 0.3) is 21.9 Å². The van der Waals surface area contributed by atoms with Crippen molar-refractivity contribution in [3.05, 3.63) is 48.1 Å². The van der Waals surface area contributed by atoms with Gasteiger partial charge < -0.3 is 20.9 Å². The molecule has 178 valence electrons. The SMILES string of the molecule is Cc1c(-c2cc3cc(N(C(=O)O)[C@H]4Cc5ncnn5C4)ncc3c(N)c2F)cnc2c1NCCO2. The number of aromatic nitrogens is 5. The van der Waals surface area contributed by atoms with Crippen LogP contribution >= 0.6 is 0 Å². The van der Waals surface area contributed by atoms with Crippen LogP contribution in [0.2, 0.25) is 0 Å². The predicted molar refractivity (Wildman–Crippen MR) is 126 cm³/mol. The van der Waals surface area contributed by atoms with Crippen LogP contribution in [0.15, 0.2) is 30.9 Å². The lowest BCUT2D eigenvalue weighted by atomic mass is 9.97. The molecule has 2 aliphatic heterocycles. The van der Waals surface area contributed by atoms with Crippen molar-refractivity contribution in [2.45, 2.75) is 25.9 Å². The Balaban J connectivity index is 1.45. The number of carboxylic acid groups (broad SMARTS) is 1. The summed E-state index contributed by atoms with van der Waals surface area (Å²) in [6.07, 6.45) is 3.68. The monoisotopic (exact) mass is 476 g/mol. The molecule has 35 heavy (non-hydrogen) atoms. The molecule has 1 atom stereocenters. The highest BCUT2D eigenvalue weighted by atomic mass is 19.1. The average Bonchev–Trinajstić information content (AvgIpc) is 3.44. The van der Waals surface area contributed by atoms with Gasteiger partial charge in [0.25, 0.3) is 0 Å². The van der Waals surface area contributed by atoms with Crippen LogP contribution in [0.1, 0.15) is 11.4 Å². The molecule has 0 bridgehead atoms. The van der Waals surface area contributed by atoms with E-state index in [2.05, 4.69) is 25.4 Å². The van der Waals surface area contributed by atoms with Gasteiger partial charge in [-0.3, -0.25) is 4.90 Å². The first-order chi connectivity index (χ1) is 16.9. The van der Waals surface area contributed by atoms with E-state index < -0.39 is 18.0 Å². The zero-order valence-corrected chi connectivity index (χ0v) is 18.7. The van der Waals surface area contributed by atoms with Crippen LogP contribution in [0.4, 0.5) is 26.4 Å². The van der Waals surface area contributed by atoms with E-state index in [-0.39, 0.29) is 17.1 Å². The molecular formula is C23H21FN8O3. The first-order valence-corrected chi connectivity index (χ1v) is 11.1. The van der Waals surface area contributed by atoms with Gasteiger partial charge in [-0.1, -0.05) is 0 Å². The molecule has 0 aliphatic carbocycles. The van der Waals surface area contributed by atoms with Crippen molar-refractivity contribution in [1.82, 2.24) is 24.7 Å². The molecule has 0 saturated heterocycles. The van der Waals surface area contributed by atoms with Crippen molar-refractivity contribution < 1.29 is 19.0 Å². The molecular weight excluding hydrogens is 455 g/mol. The Morgan fingerprint density at radius 3 is 2.94 bits per heavy atom. The minimum absolute atomic E-state index is 0.0649. The Bertz CT molecular complexity index is 1480. The fraction of sp³-hybridized carbons (Fsp3) is 0.261. The van der Waals surface area contributed by atoms with Gasteiger partial charge in [0, 0.05) is 41.9 Å². The van der Waals surface area contributed by atoms with Gasteiger partial charge in [-0.05, 0) is 30.0 Å². The number of nitrogen functional groups attached to an aromatic ring is 1. The molecule has 3 aromatic heterocycles. The number of hydrogen-bond donors (Lipinski definition) is 3. The number of nitrogens with zero attached hydrogens (tertiary/aromatic N) is 6. The highest BCUT2D eigenvalue weighted by molar-refractivity contribution is 5.99. The van der Waals surface area contributed by atoms with Crippen LogP contribution in [0.5, 0.6) is 5.88 Å². The largest absolute Gasteiger partial charge is 0.474 e. The topological polar surface area (TPSA) is 144 Å². The third-order valence-corrected chi connectivity index (χ3v) is 6.54. The number of halogens is 1. The number of ether oxygens (including phenoxy) is 1. The molecule has 0 unspecified atom stereocenters. The first kappa shape index (κ1) is 21.1. The Morgan fingerprint density at radius 1 is 1.29 bits per heavy atom. The van der Waals surface area contributed by atoms with Crippen molar-refractivity contribution >= 4 is 34.1 Å². The van der Waals surface area contributed by atoms with Gasteiger partial charge in [0.05, 0.1) is 18.3 Å². The molecule has 5 heterocycles. The summed E-state index contributed by atoms with van der Waals surface area (Å²) in [5.41, 5.74) is 8.43. The molecule has 12 heteroatoms. The smallest absolute Gasteiger partial charge is 0.413 e. The molecule has 6 rings (SSSR count). The molecule has 11 nitrogen and oxygen atoms in total. The van der Waals surface area contributed by atoms with Crippen molar-refractivity contribution in [1.29, 1.82) is 0 Å². The predicted octanol–water partition coefficient (Wildman–Crippen LogP) is 2.83. The lowest BCUT2D eigenvalue weighted by Gasteiger charge is -2.25. The molecule has 0 saturated carbocycles. The first-order valence-electron chi connectivity index (χ1n) is 11.1.